The van der Waals surface area contributed by atoms with Gasteiger partial charge in [0.2, 0.25) is 11.8 Å². The van der Waals surface area contributed by atoms with Crippen LogP contribution in [0.15, 0.2) is 0 Å². The summed E-state index contributed by atoms with van der Waals surface area (Å²) in [5.74, 6) is -0.100. The van der Waals surface area contributed by atoms with E-state index in [1.807, 2.05) is 6.92 Å². The van der Waals surface area contributed by atoms with E-state index in [9.17, 15) is 14.7 Å². The molecule has 0 spiro atoms. The summed E-state index contributed by atoms with van der Waals surface area (Å²) in [7, 11) is 0. The molecule has 0 aromatic rings. The van der Waals surface area contributed by atoms with Crippen molar-refractivity contribution in [3.8, 4) is 0 Å². The Bertz CT molecular complexity index is 243. The summed E-state index contributed by atoms with van der Waals surface area (Å²) in [5.41, 5.74) is 0. The number of aliphatic hydroxyl groups excluding tert-OH is 1. The lowest BCUT2D eigenvalue weighted by molar-refractivity contribution is -0.128. The summed E-state index contributed by atoms with van der Waals surface area (Å²) in [6.45, 7) is 3.43. The molecular weight excluding hydrogens is 196 g/mol. The predicted octanol–water partition coefficient (Wildman–Crippen LogP) is -0.504. The van der Waals surface area contributed by atoms with Crippen LogP contribution in [0.5, 0.6) is 0 Å². The molecule has 1 aliphatic heterocycles. The van der Waals surface area contributed by atoms with E-state index in [0.29, 0.717) is 26.1 Å². The molecule has 15 heavy (non-hydrogen) atoms. The van der Waals surface area contributed by atoms with E-state index in [2.05, 4.69) is 5.32 Å². The van der Waals surface area contributed by atoms with Gasteiger partial charge in [0.1, 0.15) is 0 Å². The molecule has 0 saturated carbocycles. The third-order valence-corrected chi connectivity index (χ3v) is 2.38. The van der Waals surface area contributed by atoms with Crippen LogP contribution in [-0.4, -0.2) is 47.6 Å². The van der Waals surface area contributed by atoms with Crippen LogP contribution in [0, 0.1) is 0 Å². The molecule has 1 fully saturated rings. The number of carbonyl (C=O) groups is 2. The highest BCUT2D eigenvalue weighted by atomic mass is 16.3. The maximum atomic E-state index is 11.2. The zero-order chi connectivity index (χ0) is 11.3. The number of nitrogens with zero attached hydrogens (tertiary/aromatic N) is 1. The third-order valence-electron chi connectivity index (χ3n) is 2.38. The van der Waals surface area contributed by atoms with Gasteiger partial charge in [-0.2, -0.15) is 0 Å². The molecule has 5 nitrogen and oxygen atoms in total. The molecule has 0 bridgehead atoms. The molecule has 1 unspecified atom stereocenters. The molecule has 1 heterocycles. The molecule has 0 radical (unpaired) electrons. The summed E-state index contributed by atoms with van der Waals surface area (Å²) in [4.78, 5) is 24.0. The van der Waals surface area contributed by atoms with Gasteiger partial charge in [0, 0.05) is 26.1 Å². The summed E-state index contributed by atoms with van der Waals surface area (Å²) in [6.07, 6.45) is 0.860. The smallest absolute Gasteiger partial charge is 0.225 e. The van der Waals surface area contributed by atoms with E-state index in [0.717, 1.165) is 6.42 Å². The van der Waals surface area contributed by atoms with E-state index in [1.54, 1.807) is 0 Å². The predicted molar refractivity (Wildman–Crippen MR) is 55.1 cm³/mol. The van der Waals surface area contributed by atoms with Crippen LogP contribution in [-0.2, 0) is 9.59 Å². The molecule has 1 aliphatic rings. The van der Waals surface area contributed by atoms with Crippen molar-refractivity contribution in [3.05, 3.63) is 0 Å². The lowest BCUT2D eigenvalue weighted by Gasteiger charge is -2.14. The number of aliphatic hydroxyl groups is 1. The molecule has 86 valence electrons. The monoisotopic (exact) mass is 214 g/mol. The zero-order valence-corrected chi connectivity index (χ0v) is 9.03. The van der Waals surface area contributed by atoms with Gasteiger partial charge in [-0.05, 0) is 6.42 Å². The number of hydrogen-bond donors (Lipinski definition) is 2. The second-order valence-corrected chi connectivity index (χ2v) is 3.80. The fourth-order valence-corrected chi connectivity index (χ4v) is 1.56. The molecule has 0 aliphatic carbocycles. The Kier molecular flexibility index (Phi) is 4.55. The highest BCUT2D eigenvalue weighted by Crippen LogP contribution is 2.10. The van der Waals surface area contributed by atoms with Crippen molar-refractivity contribution in [1.82, 2.24) is 10.2 Å². The molecule has 2 amide bonds. The van der Waals surface area contributed by atoms with Gasteiger partial charge in [-0.3, -0.25) is 9.59 Å². The maximum absolute atomic E-state index is 11.2. The van der Waals surface area contributed by atoms with E-state index >= 15 is 0 Å². The van der Waals surface area contributed by atoms with Gasteiger partial charge in [0.05, 0.1) is 12.5 Å². The molecule has 0 aromatic heterocycles. The first-order chi connectivity index (χ1) is 7.13. The molecule has 1 atom stereocenters. The molecule has 1 saturated heterocycles. The second kappa shape index (κ2) is 5.70. The third kappa shape index (κ3) is 3.87. The van der Waals surface area contributed by atoms with Gasteiger partial charge in [0.15, 0.2) is 0 Å². The van der Waals surface area contributed by atoms with E-state index in [1.165, 1.54) is 4.90 Å². The Morgan fingerprint density at radius 3 is 2.93 bits per heavy atom. The highest BCUT2D eigenvalue weighted by Gasteiger charge is 2.27. The minimum Gasteiger partial charge on any atom is -0.391 e. The molecule has 1 rings (SSSR count). The van der Waals surface area contributed by atoms with E-state index in [-0.39, 0.29) is 18.2 Å². The van der Waals surface area contributed by atoms with E-state index in [4.69, 9.17) is 0 Å². The Hall–Kier alpha value is -1.10. The Labute approximate surface area is 89.4 Å². The van der Waals surface area contributed by atoms with Gasteiger partial charge < -0.3 is 15.3 Å². The molecule has 0 aromatic carbocycles. The van der Waals surface area contributed by atoms with Gasteiger partial charge in [-0.25, -0.2) is 0 Å². The van der Waals surface area contributed by atoms with Crippen molar-refractivity contribution in [3.63, 3.8) is 0 Å². The van der Waals surface area contributed by atoms with Crippen molar-refractivity contribution >= 4 is 11.8 Å². The summed E-state index contributed by atoms with van der Waals surface area (Å²) in [6, 6.07) is 0. The average molecular weight is 214 g/mol. The normalized spacial score (nSPS) is 20.8. The number of rotatable bonds is 5. The molecular formula is C10H18N2O3. The Morgan fingerprint density at radius 2 is 2.40 bits per heavy atom. The SMILES string of the molecule is CCCNC(=O)CCN1CC(O)CC1=O. The highest BCUT2D eigenvalue weighted by molar-refractivity contribution is 5.80. The minimum atomic E-state index is -0.559. The second-order valence-electron chi connectivity index (χ2n) is 3.80. The Morgan fingerprint density at radius 1 is 1.67 bits per heavy atom. The first-order valence-corrected chi connectivity index (χ1v) is 5.36. The van der Waals surface area contributed by atoms with E-state index < -0.39 is 6.10 Å². The lowest BCUT2D eigenvalue weighted by atomic mass is 10.3. The van der Waals surface area contributed by atoms with Crippen LogP contribution in [0.1, 0.15) is 26.2 Å². The van der Waals surface area contributed by atoms with Gasteiger partial charge >= 0.3 is 0 Å². The van der Waals surface area contributed by atoms with Crippen LogP contribution in [0.3, 0.4) is 0 Å². The van der Waals surface area contributed by atoms with Crippen LogP contribution >= 0.6 is 0 Å². The summed E-state index contributed by atoms with van der Waals surface area (Å²) < 4.78 is 0. The fourth-order valence-electron chi connectivity index (χ4n) is 1.56. The minimum absolute atomic E-state index is 0.0361. The largest absolute Gasteiger partial charge is 0.391 e. The summed E-state index contributed by atoms with van der Waals surface area (Å²) in [5, 5.41) is 12.0. The quantitative estimate of drug-likeness (QED) is 0.648. The molecule has 5 heteroatoms. The van der Waals surface area contributed by atoms with Crippen LogP contribution < -0.4 is 5.32 Å². The molecule has 2 N–H and O–H groups in total. The van der Waals surface area contributed by atoms with Crippen molar-refractivity contribution in [1.29, 1.82) is 0 Å². The number of carbonyl (C=O) groups excluding carboxylic acids is 2. The van der Waals surface area contributed by atoms with Gasteiger partial charge in [-0.15, -0.1) is 0 Å². The van der Waals surface area contributed by atoms with Gasteiger partial charge in [-0.1, -0.05) is 6.92 Å². The number of amides is 2. The standard InChI is InChI=1S/C10H18N2O3/c1-2-4-11-9(14)3-5-12-7-8(13)6-10(12)15/h8,13H,2-7H2,1H3,(H,11,14). The van der Waals surface area contributed by atoms with Gasteiger partial charge in [0.25, 0.3) is 0 Å². The van der Waals surface area contributed by atoms with Crippen LogP contribution in [0.25, 0.3) is 0 Å². The number of hydrogen-bond acceptors (Lipinski definition) is 3. The average Bonchev–Trinajstić information content (AvgIpc) is 2.51. The van der Waals surface area contributed by atoms with Crippen molar-refractivity contribution in [2.75, 3.05) is 19.6 Å². The Balaban J connectivity index is 2.19. The number of likely N-dealkylation sites (tertiary alicyclic amines) is 1. The summed E-state index contributed by atoms with van der Waals surface area (Å²) >= 11 is 0. The fraction of sp³-hybridized carbons (Fsp3) is 0.800. The van der Waals surface area contributed by atoms with Crippen LogP contribution in [0.2, 0.25) is 0 Å². The lowest BCUT2D eigenvalue weighted by Crippen LogP contribution is -2.32. The van der Waals surface area contributed by atoms with Crippen molar-refractivity contribution < 1.29 is 14.7 Å². The number of β-amino-alcohol motifs (C(OH)–C–C–N with tert-alkyl or cyclic N) is 1. The number of nitrogens with one attached hydrogen (secondary N) is 1. The first-order valence-electron chi connectivity index (χ1n) is 5.36. The first kappa shape index (κ1) is 12.0. The van der Waals surface area contributed by atoms with Crippen LogP contribution in [0.4, 0.5) is 0 Å². The topological polar surface area (TPSA) is 69.6 Å². The zero-order valence-electron chi connectivity index (χ0n) is 9.03. The van der Waals surface area contributed by atoms with Crippen molar-refractivity contribution in [2.24, 2.45) is 0 Å². The van der Waals surface area contributed by atoms with Crippen molar-refractivity contribution in [2.45, 2.75) is 32.3 Å². The maximum Gasteiger partial charge on any atom is 0.225 e.